The SMILES string of the molecule is NC(=O)CC[C@H](N)C(=O)O.[NaH].[NaH]. The number of primary amides is 1. The summed E-state index contributed by atoms with van der Waals surface area (Å²) >= 11 is 0. The normalized spacial score (nSPS) is 10.4. The number of carbonyl (C=O) groups excluding carboxylic acids is 1. The second-order valence-corrected chi connectivity index (χ2v) is 1.95. The van der Waals surface area contributed by atoms with Gasteiger partial charge in [-0.05, 0) is 6.42 Å². The second kappa shape index (κ2) is 9.98. The van der Waals surface area contributed by atoms with E-state index in [0.29, 0.717) is 0 Å². The molecule has 0 heterocycles. The van der Waals surface area contributed by atoms with Crippen molar-refractivity contribution >= 4 is 71.0 Å². The van der Waals surface area contributed by atoms with Crippen LogP contribution in [-0.2, 0) is 9.59 Å². The first-order valence-corrected chi connectivity index (χ1v) is 2.80. The van der Waals surface area contributed by atoms with Gasteiger partial charge in [0.2, 0.25) is 5.91 Å². The molecule has 0 saturated carbocycles. The van der Waals surface area contributed by atoms with Gasteiger partial charge < -0.3 is 16.6 Å². The summed E-state index contributed by atoms with van der Waals surface area (Å²) in [6.07, 6.45) is 0.123. The minimum atomic E-state index is -1.11. The Bertz CT molecular complexity index is 154. The van der Waals surface area contributed by atoms with Gasteiger partial charge >= 0.3 is 65.1 Å². The summed E-state index contributed by atoms with van der Waals surface area (Å²) in [5.41, 5.74) is 9.81. The molecule has 5 N–H and O–H groups in total. The first-order chi connectivity index (χ1) is 4.54. The van der Waals surface area contributed by atoms with E-state index in [2.05, 4.69) is 0 Å². The van der Waals surface area contributed by atoms with Crippen LogP contribution in [0.2, 0.25) is 0 Å². The maximum absolute atomic E-state index is 10.1. The molecule has 12 heavy (non-hydrogen) atoms. The zero-order chi connectivity index (χ0) is 8.15. The van der Waals surface area contributed by atoms with Crippen molar-refractivity contribution in [3.05, 3.63) is 0 Å². The van der Waals surface area contributed by atoms with Crippen molar-refractivity contribution in [3.8, 4) is 0 Å². The molecule has 5 nitrogen and oxygen atoms in total. The zero-order valence-electron chi connectivity index (χ0n) is 5.41. The predicted molar refractivity (Wildman–Crippen MR) is 48.3 cm³/mol. The molecular formula is C5H12N2Na2O3. The topological polar surface area (TPSA) is 106 Å². The Balaban J connectivity index is -0.000000405. The quantitative estimate of drug-likeness (QED) is 0.425. The van der Waals surface area contributed by atoms with Gasteiger partial charge in [0.25, 0.3) is 0 Å². The Hall–Kier alpha value is 0.900. The maximum atomic E-state index is 10.1. The third-order valence-electron chi connectivity index (χ3n) is 1.02. The van der Waals surface area contributed by atoms with Crippen molar-refractivity contribution in [2.45, 2.75) is 18.9 Å². The van der Waals surface area contributed by atoms with E-state index in [1.165, 1.54) is 0 Å². The van der Waals surface area contributed by atoms with Crippen LogP contribution >= 0.6 is 0 Å². The molecule has 0 aromatic heterocycles. The van der Waals surface area contributed by atoms with Gasteiger partial charge in [0.15, 0.2) is 0 Å². The van der Waals surface area contributed by atoms with Crippen molar-refractivity contribution in [1.29, 1.82) is 0 Å². The molecule has 1 atom stereocenters. The third-order valence-corrected chi connectivity index (χ3v) is 1.02. The van der Waals surface area contributed by atoms with Crippen LogP contribution in [0.25, 0.3) is 0 Å². The number of amides is 1. The molecule has 0 bridgehead atoms. The second-order valence-electron chi connectivity index (χ2n) is 1.95. The molecule has 0 aromatic carbocycles. The Morgan fingerprint density at radius 2 is 1.75 bits per heavy atom. The molecule has 0 rings (SSSR count). The van der Waals surface area contributed by atoms with Crippen molar-refractivity contribution in [3.63, 3.8) is 0 Å². The van der Waals surface area contributed by atoms with Crippen LogP contribution in [0.3, 0.4) is 0 Å². The van der Waals surface area contributed by atoms with Gasteiger partial charge in [0.1, 0.15) is 6.04 Å². The molecule has 0 aliphatic rings. The van der Waals surface area contributed by atoms with Crippen LogP contribution in [0, 0.1) is 0 Å². The Morgan fingerprint density at radius 1 is 1.33 bits per heavy atom. The van der Waals surface area contributed by atoms with Gasteiger partial charge in [-0.1, -0.05) is 0 Å². The number of carbonyl (C=O) groups is 2. The van der Waals surface area contributed by atoms with Crippen molar-refractivity contribution in [1.82, 2.24) is 0 Å². The number of nitrogens with two attached hydrogens (primary N) is 2. The molecule has 0 radical (unpaired) electrons. The Kier molecular flexibility index (Phi) is 15.5. The summed E-state index contributed by atoms with van der Waals surface area (Å²) in [5.74, 6) is -1.64. The summed E-state index contributed by atoms with van der Waals surface area (Å²) in [6, 6.07) is -0.979. The van der Waals surface area contributed by atoms with Crippen molar-refractivity contribution in [2.24, 2.45) is 11.5 Å². The summed E-state index contributed by atoms with van der Waals surface area (Å²) in [5, 5.41) is 8.22. The third kappa shape index (κ3) is 10.9. The molecule has 1 amide bonds. The van der Waals surface area contributed by atoms with E-state index >= 15 is 0 Å². The van der Waals surface area contributed by atoms with Gasteiger partial charge in [0.05, 0.1) is 0 Å². The number of rotatable bonds is 4. The molecule has 0 aliphatic carbocycles. The van der Waals surface area contributed by atoms with E-state index in [1.54, 1.807) is 0 Å². The average Bonchev–Trinajstić information content (AvgIpc) is 1.82. The van der Waals surface area contributed by atoms with E-state index in [9.17, 15) is 9.59 Å². The summed E-state index contributed by atoms with van der Waals surface area (Å²) in [6.45, 7) is 0. The Labute approximate surface area is 115 Å². The standard InChI is InChI=1S/C5H10N2O3.2Na.2H/c6-3(5(9)10)1-2-4(7)8;;;;/h3H,1-2,6H2,(H2,7,8)(H,9,10);;;;/t3-;;;;/m0..../s1. The van der Waals surface area contributed by atoms with Gasteiger partial charge in [0, 0.05) is 6.42 Å². The average molecular weight is 194 g/mol. The van der Waals surface area contributed by atoms with Crippen LogP contribution < -0.4 is 11.5 Å². The molecule has 0 unspecified atom stereocenters. The number of hydrogen-bond acceptors (Lipinski definition) is 3. The van der Waals surface area contributed by atoms with Crippen molar-refractivity contribution in [2.75, 3.05) is 0 Å². The molecule has 7 heteroatoms. The van der Waals surface area contributed by atoms with Gasteiger partial charge in [-0.3, -0.25) is 9.59 Å². The van der Waals surface area contributed by atoms with E-state index < -0.39 is 17.9 Å². The van der Waals surface area contributed by atoms with Gasteiger partial charge in [-0.15, -0.1) is 0 Å². The number of hydrogen-bond donors (Lipinski definition) is 3. The molecule has 0 saturated heterocycles. The van der Waals surface area contributed by atoms with Crippen LogP contribution in [0.1, 0.15) is 12.8 Å². The zero-order valence-corrected chi connectivity index (χ0v) is 5.41. The van der Waals surface area contributed by atoms with Crippen molar-refractivity contribution < 1.29 is 14.7 Å². The van der Waals surface area contributed by atoms with Crippen LogP contribution in [0.5, 0.6) is 0 Å². The number of carboxylic acid groups (broad SMARTS) is 1. The molecule has 62 valence electrons. The molecule has 0 aliphatic heterocycles. The van der Waals surface area contributed by atoms with E-state index in [-0.39, 0.29) is 72.0 Å². The van der Waals surface area contributed by atoms with Crippen LogP contribution in [0.15, 0.2) is 0 Å². The summed E-state index contributed by atoms with van der Waals surface area (Å²) < 4.78 is 0. The summed E-state index contributed by atoms with van der Waals surface area (Å²) in [7, 11) is 0. The van der Waals surface area contributed by atoms with Gasteiger partial charge in [-0.25, -0.2) is 0 Å². The monoisotopic (exact) mass is 194 g/mol. The minimum absolute atomic E-state index is 0. The fourth-order valence-corrected chi connectivity index (χ4v) is 0.421. The van der Waals surface area contributed by atoms with E-state index in [4.69, 9.17) is 16.6 Å². The fourth-order valence-electron chi connectivity index (χ4n) is 0.421. The molecule has 0 spiro atoms. The van der Waals surface area contributed by atoms with Gasteiger partial charge in [-0.2, -0.15) is 0 Å². The van der Waals surface area contributed by atoms with E-state index in [1.807, 2.05) is 0 Å². The molecule has 0 fully saturated rings. The number of carboxylic acids is 1. The predicted octanol–water partition coefficient (Wildman–Crippen LogP) is -2.63. The summed E-state index contributed by atoms with van der Waals surface area (Å²) in [4.78, 5) is 20.1. The molecular weight excluding hydrogens is 182 g/mol. The Morgan fingerprint density at radius 3 is 2.00 bits per heavy atom. The number of aliphatic carboxylic acids is 1. The van der Waals surface area contributed by atoms with E-state index in [0.717, 1.165) is 0 Å². The first kappa shape index (κ1) is 18.6. The van der Waals surface area contributed by atoms with Crippen LogP contribution in [-0.4, -0.2) is 82.1 Å². The fraction of sp³-hybridized carbons (Fsp3) is 0.600. The first-order valence-electron chi connectivity index (χ1n) is 2.80. The van der Waals surface area contributed by atoms with Crippen LogP contribution in [0.4, 0.5) is 0 Å². The molecule has 0 aromatic rings.